The van der Waals surface area contributed by atoms with Gasteiger partial charge in [0.15, 0.2) is 0 Å². The van der Waals surface area contributed by atoms with Crippen LogP contribution >= 0.6 is 0 Å². The molecule has 0 aromatic heterocycles. The van der Waals surface area contributed by atoms with E-state index < -0.39 is 0 Å². The molecule has 1 aliphatic carbocycles. The van der Waals surface area contributed by atoms with Crippen LogP contribution in [-0.4, -0.2) is 0 Å². The van der Waals surface area contributed by atoms with Crippen LogP contribution in [0.5, 0.6) is 0 Å². The zero-order valence-corrected chi connectivity index (χ0v) is 7.85. The molecule has 1 rings (SSSR count). The Bertz CT molecular complexity index is 182. The van der Waals surface area contributed by atoms with Gasteiger partial charge in [0.2, 0.25) is 0 Å². The Kier molecular flexibility index (Phi) is 2.53. The SMILES string of the molecule is CC=CC1=CCC(C)(C)CC1. The summed E-state index contributed by atoms with van der Waals surface area (Å²) in [5, 5.41) is 0. The number of hydrogen-bond acceptors (Lipinski definition) is 0. The van der Waals surface area contributed by atoms with E-state index in [1.807, 2.05) is 0 Å². The fourth-order valence-corrected chi connectivity index (χ4v) is 1.46. The molecule has 11 heavy (non-hydrogen) atoms. The van der Waals surface area contributed by atoms with E-state index in [-0.39, 0.29) is 0 Å². The van der Waals surface area contributed by atoms with E-state index in [0.717, 1.165) is 0 Å². The molecule has 1 aliphatic rings. The molecule has 0 nitrogen and oxygen atoms in total. The minimum atomic E-state index is 0.547. The van der Waals surface area contributed by atoms with Gasteiger partial charge in [0.1, 0.15) is 0 Å². The Morgan fingerprint density at radius 2 is 2.18 bits per heavy atom. The van der Waals surface area contributed by atoms with Crippen LogP contribution in [0.25, 0.3) is 0 Å². The number of rotatable bonds is 1. The summed E-state index contributed by atoms with van der Waals surface area (Å²) in [6.45, 7) is 6.77. The third-order valence-corrected chi connectivity index (χ3v) is 2.39. The van der Waals surface area contributed by atoms with Gasteiger partial charge in [0.25, 0.3) is 0 Å². The van der Waals surface area contributed by atoms with Crippen LogP contribution in [0, 0.1) is 5.41 Å². The van der Waals surface area contributed by atoms with E-state index in [4.69, 9.17) is 0 Å². The quantitative estimate of drug-likeness (QED) is 0.534. The lowest BCUT2D eigenvalue weighted by Crippen LogP contribution is -2.13. The van der Waals surface area contributed by atoms with Gasteiger partial charge in [-0.05, 0) is 31.6 Å². The molecule has 62 valence electrons. The zero-order chi connectivity index (χ0) is 8.32. The molecule has 0 atom stereocenters. The normalized spacial score (nSPS) is 23.7. The second kappa shape index (κ2) is 3.25. The molecule has 0 saturated carbocycles. The summed E-state index contributed by atoms with van der Waals surface area (Å²) < 4.78 is 0. The summed E-state index contributed by atoms with van der Waals surface area (Å²) in [6, 6.07) is 0. The fourth-order valence-electron chi connectivity index (χ4n) is 1.46. The summed E-state index contributed by atoms with van der Waals surface area (Å²) in [6.07, 6.45) is 10.6. The van der Waals surface area contributed by atoms with Gasteiger partial charge in [-0.1, -0.05) is 37.6 Å². The molecule has 0 bridgehead atoms. The third-order valence-electron chi connectivity index (χ3n) is 2.39. The summed E-state index contributed by atoms with van der Waals surface area (Å²) in [4.78, 5) is 0. The lowest BCUT2D eigenvalue weighted by Gasteiger charge is -2.27. The summed E-state index contributed by atoms with van der Waals surface area (Å²) in [5.41, 5.74) is 2.07. The molecular weight excluding hydrogens is 132 g/mol. The minimum absolute atomic E-state index is 0.547. The second-order valence-electron chi connectivity index (χ2n) is 4.15. The monoisotopic (exact) mass is 150 g/mol. The molecule has 0 aromatic carbocycles. The van der Waals surface area contributed by atoms with Gasteiger partial charge < -0.3 is 0 Å². The van der Waals surface area contributed by atoms with Crippen LogP contribution in [0.4, 0.5) is 0 Å². The standard InChI is InChI=1S/C11H18/c1-4-5-10-6-8-11(2,3)9-7-10/h4-6H,7-9H2,1-3H3. The van der Waals surface area contributed by atoms with Crippen molar-refractivity contribution in [2.45, 2.75) is 40.0 Å². The smallest absolute Gasteiger partial charge is 0.0277 e. The van der Waals surface area contributed by atoms with Gasteiger partial charge >= 0.3 is 0 Å². The molecule has 0 radical (unpaired) electrons. The highest BCUT2D eigenvalue weighted by Crippen LogP contribution is 2.34. The average Bonchev–Trinajstić information content (AvgIpc) is 1.94. The van der Waals surface area contributed by atoms with Crippen molar-refractivity contribution in [1.82, 2.24) is 0 Å². The molecule has 0 fully saturated rings. The maximum atomic E-state index is 2.38. The topological polar surface area (TPSA) is 0 Å². The van der Waals surface area contributed by atoms with Crippen molar-refractivity contribution in [3.05, 3.63) is 23.8 Å². The molecule has 0 aromatic rings. The van der Waals surface area contributed by atoms with Crippen molar-refractivity contribution in [2.24, 2.45) is 5.41 Å². The van der Waals surface area contributed by atoms with Crippen molar-refractivity contribution in [3.8, 4) is 0 Å². The van der Waals surface area contributed by atoms with Crippen molar-refractivity contribution in [3.63, 3.8) is 0 Å². The molecule has 0 unspecified atom stereocenters. The molecule has 0 aliphatic heterocycles. The largest absolute Gasteiger partial charge is 0.0874 e. The van der Waals surface area contributed by atoms with E-state index in [2.05, 4.69) is 39.0 Å². The van der Waals surface area contributed by atoms with Crippen molar-refractivity contribution >= 4 is 0 Å². The highest BCUT2D eigenvalue weighted by atomic mass is 14.2. The second-order valence-corrected chi connectivity index (χ2v) is 4.15. The maximum absolute atomic E-state index is 2.38. The van der Waals surface area contributed by atoms with Gasteiger partial charge in [-0.15, -0.1) is 0 Å². The van der Waals surface area contributed by atoms with E-state index >= 15 is 0 Å². The predicted octanol–water partition coefficient (Wildman–Crippen LogP) is 3.70. The van der Waals surface area contributed by atoms with E-state index in [0.29, 0.717) is 5.41 Å². The molecular formula is C11H18. The lowest BCUT2D eigenvalue weighted by molar-refractivity contribution is 0.326. The Balaban J connectivity index is 2.57. The van der Waals surface area contributed by atoms with E-state index in [9.17, 15) is 0 Å². The number of allylic oxidation sites excluding steroid dienone is 4. The number of hydrogen-bond donors (Lipinski definition) is 0. The summed E-state index contributed by atoms with van der Waals surface area (Å²) in [7, 11) is 0. The van der Waals surface area contributed by atoms with Crippen molar-refractivity contribution in [2.75, 3.05) is 0 Å². The van der Waals surface area contributed by atoms with Crippen LogP contribution in [0.3, 0.4) is 0 Å². The third kappa shape index (κ3) is 2.53. The Morgan fingerprint density at radius 3 is 2.64 bits per heavy atom. The average molecular weight is 150 g/mol. The predicted molar refractivity (Wildman–Crippen MR) is 50.5 cm³/mol. The molecule has 0 N–H and O–H groups in total. The first kappa shape index (κ1) is 8.58. The minimum Gasteiger partial charge on any atom is -0.0874 e. The van der Waals surface area contributed by atoms with Crippen LogP contribution in [0.1, 0.15) is 40.0 Å². The van der Waals surface area contributed by atoms with Gasteiger partial charge in [-0.3, -0.25) is 0 Å². The summed E-state index contributed by atoms with van der Waals surface area (Å²) in [5.74, 6) is 0. The molecule has 0 amide bonds. The first-order valence-electron chi connectivity index (χ1n) is 4.46. The molecule has 0 heterocycles. The Hall–Kier alpha value is -0.520. The Labute approximate surface area is 70.0 Å². The van der Waals surface area contributed by atoms with Gasteiger partial charge in [-0.2, -0.15) is 0 Å². The van der Waals surface area contributed by atoms with Crippen LogP contribution in [0.2, 0.25) is 0 Å². The highest BCUT2D eigenvalue weighted by Gasteiger charge is 2.19. The van der Waals surface area contributed by atoms with Crippen LogP contribution in [-0.2, 0) is 0 Å². The van der Waals surface area contributed by atoms with E-state index in [1.165, 1.54) is 24.8 Å². The molecule has 0 saturated heterocycles. The summed E-state index contributed by atoms with van der Waals surface area (Å²) >= 11 is 0. The maximum Gasteiger partial charge on any atom is -0.0277 e. The molecule has 0 spiro atoms. The molecule has 0 heteroatoms. The first-order valence-corrected chi connectivity index (χ1v) is 4.46. The van der Waals surface area contributed by atoms with E-state index in [1.54, 1.807) is 0 Å². The fraction of sp³-hybridized carbons (Fsp3) is 0.636. The van der Waals surface area contributed by atoms with Crippen molar-refractivity contribution < 1.29 is 0 Å². The zero-order valence-electron chi connectivity index (χ0n) is 7.85. The first-order chi connectivity index (χ1) is 5.14. The highest BCUT2D eigenvalue weighted by molar-refractivity contribution is 5.21. The Morgan fingerprint density at radius 1 is 1.45 bits per heavy atom. The lowest BCUT2D eigenvalue weighted by atomic mass is 9.78. The van der Waals surface area contributed by atoms with Gasteiger partial charge in [0, 0.05) is 0 Å². The van der Waals surface area contributed by atoms with Crippen molar-refractivity contribution in [1.29, 1.82) is 0 Å². The van der Waals surface area contributed by atoms with Crippen LogP contribution < -0.4 is 0 Å². The van der Waals surface area contributed by atoms with Gasteiger partial charge in [-0.25, -0.2) is 0 Å². The van der Waals surface area contributed by atoms with Gasteiger partial charge in [0.05, 0.1) is 0 Å². The van der Waals surface area contributed by atoms with Crippen LogP contribution in [0.15, 0.2) is 23.8 Å².